The minimum absolute atomic E-state index is 0.620. The van der Waals surface area contributed by atoms with Gasteiger partial charge in [-0.25, -0.2) is 0 Å². The highest BCUT2D eigenvalue weighted by Gasteiger charge is 2.15. The number of methoxy groups -OCH3 is 1. The second-order valence-electron chi connectivity index (χ2n) is 7.49. The maximum absolute atomic E-state index is 5.58. The topological polar surface area (TPSA) is 43.2 Å². The number of para-hydroxylation sites is 1. The normalized spacial score (nSPS) is 14.9. The van der Waals surface area contributed by atoms with E-state index in [2.05, 4.69) is 49.8 Å². The van der Waals surface area contributed by atoms with E-state index < -0.39 is 0 Å². The van der Waals surface area contributed by atoms with E-state index in [0.29, 0.717) is 6.01 Å². The number of imidazole rings is 1. The van der Waals surface area contributed by atoms with E-state index in [1.807, 2.05) is 24.4 Å². The summed E-state index contributed by atoms with van der Waals surface area (Å²) in [4.78, 5) is 11.7. The van der Waals surface area contributed by atoms with Crippen molar-refractivity contribution >= 4 is 21.9 Å². The first-order valence-corrected chi connectivity index (χ1v) is 9.90. The fourth-order valence-corrected chi connectivity index (χ4v) is 4.17. The molecule has 3 heterocycles. The molecule has 1 aliphatic rings. The average molecular weight is 372 g/mol. The molecule has 0 unspecified atom stereocenters. The Bertz CT molecular complexity index is 1110. The summed E-state index contributed by atoms with van der Waals surface area (Å²) in [5, 5.41) is 1.10. The molecule has 4 aromatic rings. The van der Waals surface area contributed by atoms with Gasteiger partial charge in [-0.15, -0.1) is 0 Å². The van der Waals surface area contributed by atoms with Crippen LogP contribution in [0.3, 0.4) is 0 Å². The van der Waals surface area contributed by atoms with Crippen molar-refractivity contribution in [3.05, 3.63) is 65.9 Å². The van der Waals surface area contributed by atoms with Crippen LogP contribution in [-0.2, 0) is 13.1 Å². The molecule has 1 fully saturated rings. The largest absolute Gasteiger partial charge is 0.468 e. The van der Waals surface area contributed by atoms with Gasteiger partial charge in [-0.2, -0.15) is 4.98 Å². The number of hydrogen-bond donors (Lipinski definition) is 0. The third kappa shape index (κ3) is 3.12. The van der Waals surface area contributed by atoms with Gasteiger partial charge in [-0.1, -0.05) is 42.5 Å². The Morgan fingerprint density at radius 1 is 0.893 bits per heavy atom. The van der Waals surface area contributed by atoms with E-state index in [1.54, 1.807) is 7.11 Å². The Labute approximate surface area is 164 Å². The summed E-state index contributed by atoms with van der Waals surface area (Å²) in [5.74, 6) is 0. The Balaban J connectivity index is 1.49. The van der Waals surface area contributed by atoms with E-state index in [0.717, 1.165) is 35.0 Å². The molecule has 5 rings (SSSR count). The lowest BCUT2D eigenvalue weighted by Crippen LogP contribution is -2.18. The summed E-state index contributed by atoms with van der Waals surface area (Å²) in [6.45, 7) is 4.22. The molecule has 0 aliphatic carbocycles. The highest BCUT2D eigenvalue weighted by Crippen LogP contribution is 2.28. The Morgan fingerprint density at radius 2 is 1.61 bits per heavy atom. The van der Waals surface area contributed by atoms with Crippen molar-refractivity contribution in [1.82, 2.24) is 19.4 Å². The standard InChI is InChI=1S/C23H24N4O/c1-28-23-25-21-14-24-20-7-3-2-6-19(20)22(21)27(23)16-18-10-8-17(9-11-18)15-26-12-4-5-13-26/h2-3,6-11,14H,4-5,12-13,15-16H2,1H3. The summed E-state index contributed by atoms with van der Waals surface area (Å²) in [6.07, 6.45) is 4.48. The Hall–Kier alpha value is -2.92. The second kappa shape index (κ2) is 7.24. The molecular formula is C23H24N4O. The van der Waals surface area contributed by atoms with Crippen LogP contribution in [-0.4, -0.2) is 39.6 Å². The van der Waals surface area contributed by atoms with Gasteiger partial charge >= 0.3 is 0 Å². The monoisotopic (exact) mass is 372 g/mol. The molecule has 5 heteroatoms. The van der Waals surface area contributed by atoms with Gasteiger partial charge in [0.1, 0.15) is 5.52 Å². The van der Waals surface area contributed by atoms with Crippen molar-refractivity contribution in [2.45, 2.75) is 25.9 Å². The van der Waals surface area contributed by atoms with Crippen LogP contribution in [0.2, 0.25) is 0 Å². The number of hydrogen-bond acceptors (Lipinski definition) is 4. The van der Waals surface area contributed by atoms with Gasteiger partial charge in [0.05, 0.1) is 30.9 Å². The maximum atomic E-state index is 5.58. The number of pyridine rings is 1. The smallest absolute Gasteiger partial charge is 0.297 e. The van der Waals surface area contributed by atoms with Crippen LogP contribution in [0.25, 0.3) is 21.9 Å². The van der Waals surface area contributed by atoms with Crippen LogP contribution in [0.5, 0.6) is 6.01 Å². The van der Waals surface area contributed by atoms with Crippen LogP contribution in [0.15, 0.2) is 54.7 Å². The van der Waals surface area contributed by atoms with E-state index in [1.165, 1.54) is 37.1 Å². The maximum Gasteiger partial charge on any atom is 0.297 e. The van der Waals surface area contributed by atoms with E-state index in [-0.39, 0.29) is 0 Å². The van der Waals surface area contributed by atoms with Crippen molar-refractivity contribution in [3.8, 4) is 6.01 Å². The number of likely N-dealkylation sites (tertiary alicyclic amines) is 1. The predicted molar refractivity (Wildman–Crippen MR) is 112 cm³/mol. The zero-order valence-electron chi connectivity index (χ0n) is 16.1. The highest BCUT2D eigenvalue weighted by molar-refractivity contribution is 6.02. The molecule has 0 N–H and O–H groups in total. The number of rotatable bonds is 5. The first-order chi connectivity index (χ1) is 13.8. The first-order valence-electron chi connectivity index (χ1n) is 9.90. The third-order valence-electron chi connectivity index (χ3n) is 5.60. The summed E-state index contributed by atoms with van der Waals surface area (Å²) in [6, 6.07) is 17.7. The summed E-state index contributed by atoms with van der Waals surface area (Å²) in [7, 11) is 1.67. The zero-order chi connectivity index (χ0) is 18.9. The molecule has 0 bridgehead atoms. The molecule has 142 valence electrons. The van der Waals surface area contributed by atoms with E-state index >= 15 is 0 Å². The molecule has 0 radical (unpaired) electrons. The van der Waals surface area contributed by atoms with Crippen LogP contribution in [0.1, 0.15) is 24.0 Å². The van der Waals surface area contributed by atoms with Gasteiger partial charge < -0.3 is 4.74 Å². The van der Waals surface area contributed by atoms with E-state index in [4.69, 9.17) is 4.74 Å². The highest BCUT2D eigenvalue weighted by atomic mass is 16.5. The van der Waals surface area contributed by atoms with Gasteiger partial charge in [-0.3, -0.25) is 14.5 Å². The average Bonchev–Trinajstić information content (AvgIpc) is 3.37. The van der Waals surface area contributed by atoms with Crippen LogP contribution < -0.4 is 4.74 Å². The lowest BCUT2D eigenvalue weighted by Gasteiger charge is -2.15. The minimum atomic E-state index is 0.620. The van der Waals surface area contributed by atoms with Crippen molar-refractivity contribution in [2.75, 3.05) is 20.2 Å². The Kier molecular flexibility index (Phi) is 4.45. The van der Waals surface area contributed by atoms with E-state index in [9.17, 15) is 0 Å². The number of nitrogens with zero attached hydrogens (tertiary/aromatic N) is 4. The van der Waals surface area contributed by atoms with Crippen LogP contribution in [0, 0.1) is 0 Å². The fourth-order valence-electron chi connectivity index (χ4n) is 4.17. The number of ether oxygens (including phenoxy) is 1. The van der Waals surface area contributed by atoms with Crippen molar-refractivity contribution in [3.63, 3.8) is 0 Å². The number of fused-ring (bicyclic) bond motifs is 3. The Morgan fingerprint density at radius 3 is 2.36 bits per heavy atom. The molecule has 1 saturated heterocycles. The van der Waals surface area contributed by atoms with Crippen molar-refractivity contribution in [2.24, 2.45) is 0 Å². The van der Waals surface area contributed by atoms with Gasteiger partial charge in [0.25, 0.3) is 6.01 Å². The molecule has 0 amide bonds. The van der Waals surface area contributed by atoms with Crippen molar-refractivity contribution in [1.29, 1.82) is 0 Å². The number of aromatic nitrogens is 3. The molecule has 0 saturated carbocycles. The molecule has 5 nitrogen and oxygen atoms in total. The molecule has 28 heavy (non-hydrogen) atoms. The molecule has 0 spiro atoms. The lowest BCUT2D eigenvalue weighted by molar-refractivity contribution is 0.331. The molecule has 1 aliphatic heterocycles. The van der Waals surface area contributed by atoms with Gasteiger partial charge in [0.2, 0.25) is 0 Å². The predicted octanol–water partition coefficient (Wildman–Crippen LogP) is 4.24. The van der Waals surface area contributed by atoms with Gasteiger partial charge in [-0.05, 0) is 43.1 Å². The summed E-state index contributed by atoms with van der Waals surface area (Å²) in [5.41, 5.74) is 5.52. The van der Waals surface area contributed by atoms with Gasteiger partial charge in [0, 0.05) is 11.9 Å². The van der Waals surface area contributed by atoms with Crippen LogP contribution in [0.4, 0.5) is 0 Å². The first kappa shape index (κ1) is 17.2. The molecule has 2 aromatic heterocycles. The zero-order valence-corrected chi connectivity index (χ0v) is 16.1. The third-order valence-corrected chi connectivity index (χ3v) is 5.60. The summed E-state index contributed by atoms with van der Waals surface area (Å²) >= 11 is 0. The molecule has 0 atom stereocenters. The lowest BCUT2D eigenvalue weighted by atomic mass is 10.1. The second-order valence-corrected chi connectivity index (χ2v) is 7.49. The molecule has 2 aromatic carbocycles. The quantitative estimate of drug-likeness (QED) is 0.526. The SMILES string of the molecule is COc1nc2cnc3ccccc3c2n1Cc1ccc(CN2CCCC2)cc1. The van der Waals surface area contributed by atoms with Gasteiger partial charge in [0.15, 0.2) is 0 Å². The number of benzene rings is 2. The fraction of sp³-hybridized carbons (Fsp3) is 0.304. The van der Waals surface area contributed by atoms with Crippen molar-refractivity contribution < 1.29 is 4.74 Å². The minimum Gasteiger partial charge on any atom is -0.468 e. The summed E-state index contributed by atoms with van der Waals surface area (Å²) < 4.78 is 7.73. The molecular weight excluding hydrogens is 348 g/mol. The van der Waals surface area contributed by atoms with Crippen LogP contribution >= 0.6 is 0 Å².